The minimum Gasteiger partial charge on any atom is -0.396 e. The lowest BCUT2D eigenvalue weighted by atomic mass is 10.2. The Hall–Kier alpha value is -1.92. The van der Waals surface area contributed by atoms with Gasteiger partial charge < -0.3 is 10.4 Å². The molecule has 0 spiro atoms. The number of nitrogens with zero attached hydrogens (tertiary/aromatic N) is 1. The van der Waals surface area contributed by atoms with Gasteiger partial charge in [0.2, 0.25) is 0 Å². The first-order valence-electron chi connectivity index (χ1n) is 5.97. The number of nitrogens with one attached hydrogen (secondary N) is 2. The molecule has 6 heteroatoms. The molecular formula is C13H15N3O2S. The van der Waals surface area contributed by atoms with Crippen molar-refractivity contribution in [2.75, 3.05) is 18.5 Å². The van der Waals surface area contributed by atoms with E-state index in [1.165, 1.54) is 11.5 Å². The van der Waals surface area contributed by atoms with Crippen LogP contribution in [0.15, 0.2) is 36.4 Å². The van der Waals surface area contributed by atoms with Gasteiger partial charge in [0.05, 0.1) is 5.69 Å². The summed E-state index contributed by atoms with van der Waals surface area (Å²) in [6.45, 7) is 0.520. The fourth-order valence-electron chi connectivity index (χ4n) is 1.52. The number of urea groups is 1. The van der Waals surface area contributed by atoms with Gasteiger partial charge in [-0.15, -0.1) is 0 Å². The van der Waals surface area contributed by atoms with Crippen LogP contribution in [0.1, 0.15) is 6.42 Å². The third kappa shape index (κ3) is 4.04. The minimum atomic E-state index is -0.281. The Morgan fingerprint density at radius 3 is 2.84 bits per heavy atom. The van der Waals surface area contributed by atoms with Gasteiger partial charge in [-0.25, -0.2) is 4.79 Å². The summed E-state index contributed by atoms with van der Waals surface area (Å²) in [5, 5.41) is 14.7. The zero-order valence-corrected chi connectivity index (χ0v) is 11.1. The molecule has 100 valence electrons. The normalized spacial score (nSPS) is 10.2. The van der Waals surface area contributed by atoms with E-state index >= 15 is 0 Å². The molecule has 1 aromatic carbocycles. The third-order valence-electron chi connectivity index (χ3n) is 2.44. The molecule has 1 heterocycles. The van der Waals surface area contributed by atoms with E-state index in [1.54, 1.807) is 0 Å². The van der Waals surface area contributed by atoms with Crippen molar-refractivity contribution in [2.45, 2.75) is 6.42 Å². The third-order valence-corrected chi connectivity index (χ3v) is 3.14. The molecule has 0 radical (unpaired) electrons. The smallest absolute Gasteiger partial charge is 0.319 e. The molecular weight excluding hydrogens is 262 g/mol. The number of benzene rings is 1. The Kier molecular flexibility index (Phi) is 4.88. The van der Waals surface area contributed by atoms with Gasteiger partial charge >= 0.3 is 6.03 Å². The maximum absolute atomic E-state index is 11.5. The standard InChI is InChI=1S/C13H15N3O2S/c17-8-4-7-14-13(18)15-12-9-11(16-19-12)10-5-2-1-3-6-10/h1-3,5-6,9,17H,4,7-8H2,(H2,14,15,18). The lowest BCUT2D eigenvalue weighted by Gasteiger charge is -2.03. The van der Waals surface area contributed by atoms with Crippen LogP contribution in [-0.2, 0) is 0 Å². The SMILES string of the molecule is O=C(NCCCO)Nc1cc(-c2ccccc2)ns1. The number of aliphatic hydroxyl groups excluding tert-OH is 1. The molecule has 2 amide bonds. The molecule has 0 atom stereocenters. The summed E-state index contributed by atoms with van der Waals surface area (Å²) in [6, 6.07) is 11.3. The molecule has 1 aromatic heterocycles. The summed E-state index contributed by atoms with van der Waals surface area (Å²) >= 11 is 1.24. The van der Waals surface area contributed by atoms with Crippen molar-refractivity contribution in [3.8, 4) is 11.3 Å². The zero-order valence-electron chi connectivity index (χ0n) is 10.3. The van der Waals surface area contributed by atoms with E-state index in [1.807, 2.05) is 36.4 Å². The highest BCUT2D eigenvalue weighted by atomic mass is 32.1. The highest BCUT2D eigenvalue weighted by Crippen LogP contribution is 2.24. The number of carbonyl (C=O) groups excluding carboxylic acids is 1. The second-order valence-electron chi connectivity index (χ2n) is 3.90. The second kappa shape index (κ2) is 6.86. The largest absolute Gasteiger partial charge is 0.396 e. The van der Waals surface area contributed by atoms with Crippen LogP contribution in [0.4, 0.5) is 9.80 Å². The molecule has 0 saturated carbocycles. The number of aliphatic hydroxyl groups is 1. The summed E-state index contributed by atoms with van der Waals surface area (Å²) in [6.07, 6.45) is 0.547. The van der Waals surface area contributed by atoms with E-state index in [0.29, 0.717) is 18.0 Å². The lowest BCUT2D eigenvalue weighted by Crippen LogP contribution is -2.29. The average molecular weight is 277 g/mol. The zero-order chi connectivity index (χ0) is 13.5. The van der Waals surface area contributed by atoms with E-state index in [9.17, 15) is 4.79 Å². The summed E-state index contributed by atoms with van der Waals surface area (Å²) < 4.78 is 4.30. The van der Waals surface area contributed by atoms with E-state index in [2.05, 4.69) is 15.0 Å². The fourth-order valence-corrected chi connectivity index (χ4v) is 2.17. The van der Waals surface area contributed by atoms with Crippen molar-refractivity contribution >= 4 is 22.6 Å². The van der Waals surface area contributed by atoms with Crippen LogP contribution >= 0.6 is 11.5 Å². The van der Waals surface area contributed by atoms with Crippen LogP contribution in [0.2, 0.25) is 0 Å². The molecule has 0 bridgehead atoms. The van der Waals surface area contributed by atoms with Gasteiger partial charge in [-0.1, -0.05) is 30.3 Å². The molecule has 5 nitrogen and oxygen atoms in total. The van der Waals surface area contributed by atoms with Crippen LogP contribution in [-0.4, -0.2) is 28.7 Å². The van der Waals surface area contributed by atoms with Gasteiger partial charge in [0.15, 0.2) is 0 Å². The van der Waals surface area contributed by atoms with Gasteiger partial charge in [0.25, 0.3) is 0 Å². The van der Waals surface area contributed by atoms with E-state index in [-0.39, 0.29) is 12.6 Å². The van der Waals surface area contributed by atoms with Crippen LogP contribution in [0.3, 0.4) is 0 Å². The van der Waals surface area contributed by atoms with Gasteiger partial charge in [-0.2, -0.15) is 4.37 Å². The van der Waals surface area contributed by atoms with Crippen LogP contribution in [0, 0.1) is 0 Å². The maximum atomic E-state index is 11.5. The van der Waals surface area contributed by atoms with Crippen molar-refractivity contribution in [3.63, 3.8) is 0 Å². The first kappa shape index (κ1) is 13.5. The first-order chi connectivity index (χ1) is 9.29. The number of hydrogen-bond acceptors (Lipinski definition) is 4. The van der Waals surface area contributed by atoms with Crippen molar-refractivity contribution in [3.05, 3.63) is 36.4 Å². The predicted molar refractivity (Wildman–Crippen MR) is 76.3 cm³/mol. The van der Waals surface area contributed by atoms with E-state index < -0.39 is 0 Å². The number of anilines is 1. The second-order valence-corrected chi connectivity index (χ2v) is 4.71. The van der Waals surface area contributed by atoms with Crippen LogP contribution < -0.4 is 10.6 Å². The van der Waals surface area contributed by atoms with E-state index in [0.717, 1.165) is 11.3 Å². The first-order valence-corrected chi connectivity index (χ1v) is 6.75. The summed E-state index contributed by atoms with van der Waals surface area (Å²) in [7, 11) is 0. The molecule has 0 aliphatic carbocycles. The number of carbonyl (C=O) groups is 1. The Bertz CT molecular complexity index is 528. The number of amides is 2. The molecule has 0 unspecified atom stereocenters. The van der Waals surface area contributed by atoms with Crippen LogP contribution in [0.5, 0.6) is 0 Å². The van der Waals surface area contributed by atoms with Crippen molar-refractivity contribution in [1.29, 1.82) is 0 Å². The quantitative estimate of drug-likeness (QED) is 0.734. The van der Waals surface area contributed by atoms with Crippen molar-refractivity contribution in [2.24, 2.45) is 0 Å². The van der Waals surface area contributed by atoms with E-state index in [4.69, 9.17) is 5.11 Å². The van der Waals surface area contributed by atoms with Crippen molar-refractivity contribution < 1.29 is 9.90 Å². The van der Waals surface area contributed by atoms with Gasteiger partial charge in [-0.3, -0.25) is 5.32 Å². The van der Waals surface area contributed by atoms with Gasteiger partial charge in [0.1, 0.15) is 5.00 Å². The monoisotopic (exact) mass is 277 g/mol. The number of rotatable bonds is 5. The number of aromatic nitrogens is 1. The molecule has 0 aliphatic rings. The Morgan fingerprint density at radius 1 is 1.32 bits per heavy atom. The Labute approximate surface area is 115 Å². The fraction of sp³-hybridized carbons (Fsp3) is 0.231. The lowest BCUT2D eigenvalue weighted by molar-refractivity contribution is 0.249. The molecule has 0 fully saturated rings. The maximum Gasteiger partial charge on any atom is 0.319 e. The summed E-state index contributed by atoms with van der Waals surface area (Å²) in [5.41, 5.74) is 1.86. The highest BCUT2D eigenvalue weighted by Gasteiger charge is 2.06. The molecule has 0 saturated heterocycles. The minimum absolute atomic E-state index is 0.0684. The van der Waals surface area contributed by atoms with Crippen molar-refractivity contribution in [1.82, 2.24) is 9.69 Å². The highest BCUT2D eigenvalue weighted by molar-refractivity contribution is 7.10. The average Bonchev–Trinajstić information content (AvgIpc) is 2.88. The molecule has 3 N–H and O–H groups in total. The molecule has 19 heavy (non-hydrogen) atoms. The Morgan fingerprint density at radius 2 is 2.11 bits per heavy atom. The topological polar surface area (TPSA) is 74.2 Å². The summed E-state index contributed by atoms with van der Waals surface area (Å²) in [4.78, 5) is 11.5. The Balaban J connectivity index is 1.93. The van der Waals surface area contributed by atoms with Gasteiger partial charge in [0, 0.05) is 24.8 Å². The molecule has 2 rings (SSSR count). The molecule has 0 aliphatic heterocycles. The van der Waals surface area contributed by atoms with Gasteiger partial charge in [-0.05, 0) is 18.0 Å². The predicted octanol–water partition coefficient (Wildman–Crippen LogP) is 2.31. The summed E-state index contributed by atoms with van der Waals surface area (Å²) in [5.74, 6) is 0. The van der Waals surface area contributed by atoms with Crippen LogP contribution in [0.25, 0.3) is 11.3 Å². The number of hydrogen-bond donors (Lipinski definition) is 3. The molecule has 2 aromatic rings.